The van der Waals surface area contributed by atoms with Crippen molar-refractivity contribution in [2.75, 3.05) is 12.9 Å². The number of thioether (sulfide) groups is 1. The molecule has 0 bridgehead atoms. The van der Waals surface area contributed by atoms with Crippen molar-refractivity contribution in [3.05, 3.63) is 179 Å². The van der Waals surface area contributed by atoms with Crippen LogP contribution in [0.1, 0.15) is 63.2 Å². The number of aromatic nitrogens is 20. The highest BCUT2D eigenvalue weighted by atomic mass is 79.9. The van der Waals surface area contributed by atoms with E-state index in [9.17, 15) is 18.8 Å². The Morgan fingerprint density at radius 3 is 1.50 bits per heavy atom. The molecule has 3 atom stereocenters. The minimum atomic E-state index is -1.00. The quantitative estimate of drug-likeness (QED) is 0.0772. The largest absolute Gasteiger partial charge is 0.382 e. The highest BCUT2D eigenvalue weighted by Gasteiger charge is 2.27. The van der Waals surface area contributed by atoms with Crippen LogP contribution < -0.4 is 22.4 Å². The van der Waals surface area contributed by atoms with Crippen molar-refractivity contribution in [1.82, 2.24) is 97.4 Å². The van der Waals surface area contributed by atoms with Crippen LogP contribution in [0.25, 0.3) is 72.5 Å². The van der Waals surface area contributed by atoms with Crippen LogP contribution >= 0.6 is 75.5 Å². The normalized spacial score (nSPS) is 12.4. The van der Waals surface area contributed by atoms with E-state index in [1.165, 1.54) is 24.4 Å². The van der Waals surface area contributed by atoms with E-state index in [2.05, 4.69) is 119 Å². The van der Waals surface area contributed by atoms with Gasteiger partial charge in [0.2, 0.25) is 0 Å². The number of alkyl halides is 2. The maximum absolute atomic E-state index is 13.5. The summed E-state index contributed by atoms with van der Waals surface area (Å²) in [6.07, 6.45) is 6.09. The van der Waals surface area contributed by atoms with Crippen LogP contribution in [0.3, 0.4) is 0 Å². The summed E-state index contributed by atoms with van der Waals surface area (Å²) < 4.78 is 28.4. The molecule has 0 aliphatic heterocycles. The average Bonchev–Trinajstić information content (AvgIpc) is 4.48. The van der Waals surface area contributed by atoms with Crippen molar-refractivity contribution >= 4 is 137 Å². The maximum atomic E-state index is 13.5. The number of imidazole rings is 2. The van der Waals surface area contributed by atoms with Gasteiger partial charge >= 0.3 is 0 Å². The number of halogens is 5. The van der Waals surface area contributed by atoms with Gasteiger partial charge in [0.05, 0.1) is 54.4 Å². The highest BCUT2D eigenvalue weighted by Crippen LogP contribution is 2.37. The minimum absolute atomic E-state index is 0. The van der Waals surface area contributed by atoms with E-state index >= 15 is 0 Å². The van der Waals surface area contributed by atoms with Crippen LogP contribution in [0.15, 0.2) is 150 Å². The molecule has 0 fully saturated rings. The molecule has 30 heteroatoms. The van der Waals surface area contributed by atoms with E-state index in [4.69, 9.17) is 17.1 Å². The fourth-order valence-electron chi connectivity index (χ4n) is 9.14. The van der Waals surface area contributed by atoms with Gasteiger partial charge in [-0.05, 0) is 105 Å². The van der Waals surface area contributed by atoms with E-state index in [1.807, 2.05) is 116 Å². The highest BCUT2D eigenvalue weighted by molar-refractivity contribution is 9.11. The third kappa shape index (κ3) is 11.2. The van der Waals surface area contributed by atoms with E-state index in [1.54, 1.807) is 61.5 Å². The van der Waals surface area contributed by atoms with Gasteiger partial charge < -0.3 is 15.3 Å². The minimum Gasteiger partial charge on any atom is -0.382 e. The Morgan fingerprint density at radius 1 is 0.595 bits per heavy atom. The number of H-pyrrole nitrogens is 1. The zero-order valence-corrected chi connectivity index (χ0v) is 51.7. The Balaban J connectivity index is 0.000000151. The van der Waals surface area contributed by atoms with E-state index < -0.39 is 7.15 Å². The topological polar surface area (TPSA) is 282 Å². The van der Waals surface area contributed by atoms with Gasteiger partial charge in [-0.3, -0.25) is 32.5 Å². The Kier molecular flexibility index (Phi) is 17.8. The summed E-state index contributed by atoms with van der Waals surface area (Å²) in [6, 6.07) is 27.9. The first-order valence-corrected chi connectivity index (χ1v) is 29.0. The monoisotopic (exact) mass is 1410 g/mol. The number of anilines is 1. The second-order valence-corrected chi connectivity index (χ2v) is 23.0. The van der Waals surface area contributed by atoms with Crippen molar-refractivity contribution in [3.63, 3.8) is 0 Å². The second kappa shape index (κ2) is 25.3. The number of para-hydroxylation sites is 3. The SMILES string of the molecule is C.CC(Br)c1nc2c(c(Br)nn2C)c(=O)n1-c1ccccc1.CC(Sc1ncnc2nc[nH]c12)c1nc2c(c(Br)nn2C)c(=O)n1-c1ccccc1.CC(c1nc2c(c(Br)nn2C)c(=O)n1-c1ccccc1)n1cnc2c(N)ncnc21.[2H]CF. The molecular formula is C54H50Br4FN21O3S. The van der Waals surface area contributed by atoms with Crippen molar-refractivity contribution in [1.29, 1.82) is 0 Å². The molecule has 0 aliphatic rings. The summed E-state index contributed by atoms with van der Waals surface area (Å²) in [4.78, 5) is 82.7. The zero-order valence-electron chi connectivity index (χ0n) is 45.5. The summed E-state index contributed by atoms with van der Waals surface area (Å²) >= 11 is 15.1. The maximum Gasteiger partial charge on any atom is 0.270 e. The number of hydrogen-bond donors (Lipinski definition) is 2. The standard InChI is InChI=1S/C19H16BrN9O.C19H15BrN8OS.C14H12Br2N4O.CH3F.CH4/c1-10(28-9-24-13-15(21)22-8-23-18(13)28)16-25-17-12(14(20)26-27(17)2)19(30)29(16)11-6-4-3-5-7-11;1-10(30-18-13-15(22-8-21-13)23-9-24-18)16-25-17-12(14(20)26-27(17)2)19(29)28(16)11-6-4-3-5-7-11;1-8(15)12-17-13-10(11(16)18-19(13)2)14(21)20(12)9-6-4-3-5-7-9;1-2;/h3-10H,1-2H3,(H2,21,22,23);3-10H,1-2H3,(H,21,22,23,24);3-8H,1-2H3;1H3;1H4/i;;;1D;. The Hall–Kier alpha value is -8.19. The van der Waals surface area contributed by atoms with Crippen molar-refractivity contribution < 1.29 is 5.76 Å². The molecule has 0 saturated carbocycles. The molecule has 10 heterocycles. The predicted molar refractivity (Wildman–Crippen MR) is 336 cm³/mol. The Morgan fingerprint density at radius 2 is 1.02 bits per heavy atom. The van der Waals surface area contributed by atoms with Crippen LogP contribution in [-0.2, 0) is 21.1 Å². The van der Waals surface area contributed by atoms with Gasteiger partial charge in [0.25, 0.3) is 16.7 Å². The second-order valence-electron chi connectivity index (χ2n) is 18.1. The average molecular weight is 1410 g/mol. The number of aryl methyl sites for hydroxylation is 3. The van der Waals surface area contributed by atoms with Gasteiger partial charge in [-0.15, -0.1) is 0 Å². The molecule has 13 aromatic rings. The Bertz CT molecular complexity index is 4750. The first-order chi connectivity index (χ1) is 40.4. The lowest BCUT2D eigenvalue weighted by Gasteiger charge is -2.19. The van der Waals surface area contributed by atoms with Gasteiger partial charge in [0.15, 0.2) is 34.1 Å². The number of benzene rings is 3. The number of rotatable bonds is 9. The molecule has 0 spiro atoms. The molecule has 24 nitrogen and oxygen atoms in total. The number of nitrogens with two attached hydrogens (primary N) is 1. The van der Waals surface area contributed by atoms with Crippen LogP contribution in [0.5, 0.6) is 0 Å². The lowest BCUT2D eigenvalue weighted by atomic mass is 10.2. The van der Waals surface area contributed by atoms with Crippen LogP contribution in [0.4, 0.5) is 10.2 Å². The van der Waals surface area contributed by atoms with Crippen molar-refractivity contribution in [2.45, 2.75) is 49.3 Å². The van der Waals surface area contributed by atoms with Gasteiger partial charge in [0, 0.05) is 21.1 Å². The summed E-state index contributed by atoms with van der Waals surface area (Å²) in [6.45, 7) is 5.86. The van der Waals surface area contributed by atoms with Crippen LogP contribution in [0.2, 0.25) is 0 Å². The van der Waals surface area contributed by atoms with E-state index in [0.29, 0.717) is 92.7 Å². The molecule has 3 aromatic carbocycles. The lowest BCUT2D eigenvalue weighted by Crippen LogP contribution is -2.27. The van der Waals surface area contributed by atoms with Gasteiger partial charge in [0.1, 0.15) is 76.2 Å². The predicted octanol–water partition coefficient (Wildman–Crippen LogP) is 10.2. The molecule has 430 valence electrons. The molecule has 13 rings (SSSR count). The molecule has 3 N–H and O–H groups in total. The number of fused-ring (bicyclic) bond motifs is 5. The van der Waals surface area contributed by atoms with Crippen molar-refractivity contribution in [2.24, 2.45) is 21.1 Å². The first-order valence-electron chi connectivity index (χ1n) is 25.5. The molecule has 0 saturated heterocycles. The van der Waals surface area contributed by atoms with Crippen LogP contribution in [0, 0.1) is 0 Å². The van der Waals surface area contributed by atoms with Gasteiger partial charge in [-0.1, -0.05) is 89.7 Å². The molecule has 3 unspecified atom stereocenters. The number of aromatic amines is 1. The molecule has 0 radical (unpaired) electrons. The number of nitrogens with zero attached hydrogens (tertiary/aromatic N) is 19. The molecule has 0 amide bonds. The fraction of sp³-hybridized carbons (Fsp3) is 0.204. The molecular weight excluding hydrogens is 1360 g/mol. The molecule has 0 aliphatic carbocycles. The van der Waals surface area contributed by atoms with E-state index in [0.717, 1.165) is 21.9 Å². The smallest absolute Gasteiger partial charge is 0.270 e. The number of nitrogen functional groups attached to an aromatic ring is 1. The lowest BCUT2D eigenvalue weighted by molar-refractivity contribution is 0.587. The van der Waals surface area contributed by atoms with Gasteiger partial charge in [-0.2, -0.15) is 15.3 Å². The van der Waals surface area contributed by atoms with E-state index in [-0.39, 0.29) is 40.2 Å². The number of hydrogen-bond acceptors (Lipinski definition) is 17. The van der Waals surface area contributed by atoms with Gasteiger partial charge in [-0.25, -0.2) is 58.9 Å². The third-order valence-electron chi connectivity index (χ3n) is 12.9. The Labute approximate surface area is 515 Å². The summed E-state index contributed by atoms with van der Waals surface area (Å²) in [5, 5.41) is 14.8. The summed E-state index contributed by atoms with van der Waals surface area (Å²) in [7, 11) is 4.29. The zero-order chi connectivity index (χ0) is 59.7. The number of nitrogens with one attached hydrogen (secondary N) is 1. The third-order valence-corrected chi connectivity index (χ3v) is 16.1. The van der Waals surface area contributed by atoms with Crippen LogP contribution in [-0.4, -0.2) is 105 Å². The summed E-state index contributed by atoms with van der Waals surface area (Å²) in [5.74, 6) is 2.07. The van der Waals surface area contributed by atoms with Crippen molar-refractivity contribution in [3.8, 4) is 17.1 Å². The first kappa shape index (κ1) is 59.0. The fourth-order valence-corrected chi connectivity index (χ4v) is 12.2. The molecule has 84 heavy (non-hydrogen) atoms. The summed E-state index contributed by atoms with van der Waals surface area (Å²) in [5.41, 5.74) is 11.6. The molecule has 10 aromatic heterocycles.